The summed E-state index contributed by atoms with van der Waals surface area (Å²) in [6.07, 6.45) is 1.47. The van der Waals surface area contributed by atoms with Crippen LogP contribution >= 0.6 is 0 Å². The van der Waals surface area contributed by atoms with Crippen molar-refractivity contribution in [1.29, 1.82) is 0 Å². The van der Waals surface area contributed by atoms with Crippen LogP contribution < -0.4 is 9.64 Å². The Balaban J connectivity index is 1.78. The van der Waals surface area contributed by atoms with Crippen molar-refractivity contribution in [3.05, 3.63) is 59.7 Å². The van der Waals surface area contributed by atoms with Crippen molar-refractivity contribution in [1.82, 2.24) is 0 Å². The van der Waals surface area contributed by atoms with E-state index >= 15 is 0 Å². The smallest absolute Gasteiger partial charge is 0.348 e. The van der Waals surface area contributed by atoms with Crippen LogP contribution in [0.1, 0.15) is 19.4 Å². The Hall–Kier alpha value is -3.28. The molecule has 6 heteroatoms. The van der Waals surface area contributed by atoms with E-state index in [2.05, 4.69) is 0 Å². The lowest BCUT2D eigenvalue weighted by Gasteiger charge is -2.29. The number of carbonyl (C=O) groups excluding carboxylic acids is 2. The third kappa shape index (κ3) is 4.11. The molecule has 0 bridgehead atoms. The van der Waals surface area contributed by atoms with Gasteiger partial charge < -0.3 is 19.1 Å². The lowest BCUT2D eigenvalue weighted by Crippen LogP contribution is -2.41. The lowest BCUT2D eigenvalue weighted by molar-refractivity contribution is -0.222. The number of hydrogen-bond acceptors (Lipinski definition) is 6. The number of benzene rings is 2. The molecule has 0 spiro atoms. The van der Waals surface area contributed by atoms with E-state index in [-0.39, 0.29) is 5.57 Å². The first-order valence-electron chi connectivity index (χ1n) is 8.45. The topological polar surface area (TPSA) is 65.1 Å². The molecule has 1 saturated heterocycles. The first-order valence-corrected chi connectivity index (χ1v) is 8.45. The number of methoxy groups -OCH3 is 1. The minimum Gasteiger partial charge on any atom is -0.497 e. The van der Waals surface area contributed by atoms with Gasteiger partial charge in [-0.05, 0) is 48.0 Å². The third-order valence-corrected chi connectivity index (χ3v) is 4.17. The zero-order chi connectivity index (χ0) is 19.6. The van der Waals surface area contributed by atoms with Crippen LogP contribution in [0.2, 0.25) is 0 Å². The Kier molecular flexibility index (Phi) is 4.90. The molecule has 1 aliphatic heterocycles. The molecular formula is C21H21NO5. The van der Waals surface area contributed by atoms with E-state index < -0.39 is 17.7 Å². The highest BCUT2D eigenvalue weighted by molar-refractivity contribution is 6.18. The molecule has 2 aromatic rings. The summed E-state index contributed by atoms with van der Waals surface area (Å²) in [4.78, 5) is 26.1. The fourth-order valence-electron chi connectivity index (χ4n) is 2.69. The van der Waals surface area contributed by atoms with E-state index in [9.17, 15) is 9.59 Å². The van der Waals surface area contributed by atoms with Crippen LogP contribution in [0.15, 0.2) is 54.1 Å². The van der Waals surface area contributed by atoms with Gasteiger partial charge in [0.1, 0.15) is 11.3 Å². The van der Waals surface area contributed by atoms with Gasteiger partial charge in [-0.25, -0.2) is 9.59 Å². The number of nitrogens with zero attached hydrogens (tertiary/aromatic N) is 1. The van der Waals surface area contributed by atoms with Crippen LogP contribution in [0, 0.1) is 0 Å². The third-order valence-electron chi connectivity index (χ3n) is 4.17. The summed E-state index contributed by atoms with van der Waals surface area (Å²) in [7, 11) is 3.58. The molecule has 1 fully saturated rings. The molecule has 0 amide bonds. The maximum atomic E-state index is 12.0. The molecule has 0 aromatic heterocycles. The number of hydrogen-bond donors (Lipinski definition) is 0. The lowest BCUT2D eigenvalue weighted by atomic mass is 10.1. The highest BCUT2D eigenvalue weighted by Crippen LogP contribution is 2.27. The normalized spacial score (nSPS) is 15.6. The minimum absolute atomic E-state index is 0.120. The molecule has 0 aliphatic carbocycles. The van der Waals surface area contributed by atoms with Crippen LogP contribution in [-0.4, -0.2) is 31.9 Å². The number of esters is 2. The van der Waals surface area contributed by atoms with Crippen LogP contribution in [0.25, 0.3) is 6.08 Å². The molecule has 1 heterocycles. The fraction of sp³-hybridized carbons (Fsp3) is 0.238. The molecule has 0 N–H and O–H groups in total. The van der Waals surface area contributed by atoms with Gasteiger partial charge in [-0.1, -0.05) is 12.1 Å². The largest absolute Gasteiger partial charge is 0.497 e. The maximum absolute atomic E-state index is 12.0. The zero-order valence-electron chi connectivity index (χ0n) is 15.7. The van der Waals surface area contributed by atoms with E-state index in [1.54, 1.807) is 7.11 Å². The average Bonchev–Trinajstić information content (AvgIpc) is 2.64. The van der Waals surface area contributed by atoms with Crippen molar-refractivity contribution in [3.8, 4) is 5.75 Å². The molecule has 0 atom stereocenters. The van der Waals surface area contributed by atoms with E-state index in [4.69, 9.17) is 14.2 Å². The van der Waals surface area contributed by atoms with Crippen molar-refractivity contribution < 1.29 is 23.8 Å². The number of rotatable bonds is 4. The summed E-state index contributed by atoms with van der Waals surface area (Å²) < 4.78 is 15.4. The van der Waals surface area contributed by atoms with E-state index in [1.165, 1.54) is 19.9 Å². The Morgan fingerprint density at radius 2 is 1.37 bits per heavy atom. The number of ether oxygens (including phenoxy) is 3. The summed E-state index contributed by atoms with van der Waals surface area (Å²) >= 11 is 0. The van der Waals surface area contributed by atoms with Gasteiger partial charge in [0.05, 0.1) is 7.11 Å². The molecule has 140 valence electrons. The van der Waals surface area contributed by atoms with E-state index in [0.717, 1.165) is 17.1 Å². The SMILES string of the molecule is COc1ccc(N(C)c2ccc(C=C3C(=O)OC(C)(C)OC3=O)cc2)cc1. The summed E-state index contributed by atoms with van der Waals surface area (Å²) in [6, 6.07) is 15.2. The maximum Gasteiger partial charge on any atom is 0.348 e. The second-order valence-corrected chi connectivity index (χ2v) is 6.59. The minimum atomic E-state index is -1.24. The summed E-state index contributed by atoms with van der Waals surface area (Å²) in [5.41, 5.74) is 2.54. The van der Waals surface area contributed by atoms with Gasteiger partial charge in [0, 0.05) is 32.3 Å². The van der Waals surface area contributed by atoms with Gasteiger partial charge in [-0.15, -0.1) is 0 Å². The predicted octanol–water partition coefficient (Wildman–Crippen LogP) is 3.68. The number of cyclic esters (lactones) is 2. The standard InChI is InChI=1S/C21H21NO5/c1-21(2)26-19(23)18(20(24)27-21)13-14-5-7-15(8-6-14)22(3)16-9-11-17(25-4)12-10-16/h5-13H,1-4H3. The Labute approximate surface area is 158 Å². The van der Waals surface area contributed by atoms with Crippen molar-refractivity contribution >= 4 is 29.4 Å². The van der Waals surface area contributed by atoms with Crippen LogP contribution in [-0.2, 0) is 19.1 Å². The highest BCUT2D eigenvalue weighted by Gasteiger charge is 2.38. The van der Waals surface area contributed by atoms with E-state index in [1.807, 2.05) is 60.5 Å². The van der Waals surface area contributed by atoms with E-state index in [0.29, 0.717) is 5.56 Å². The van der Waals surface area contributed by atoms with Crippen molar-refractivity contribution in [2.75, 3.05) is 19.1 Å². The van der Waals surface area contributed by atoms with Gasteiger partial charge in [0.2, 0.25) is 0 Å². The second kappa shape index (κ2) is 7.15. The van der Waals surface area contributed by atoms with Crippen molar-refractivity contribution in [2.45, 2.75) is 19.6 Å². The van der Waals surface area contributed by atoms with Crippen molar-refractivity contribution in [2.24, 2.45) is 0 Å². The fourth-order valence-corrected chi connectivity index (χ4v) is 2.69. The molecule has 27 heavy (non-hydrogen) atoms. The van der Waals surface area contributed by atoms with Crippen LogP contribution in [0.3, 0.4) is 0 Å². The Bertz CT molecular complexity index is 860. The molecule has 0 saturated carbocycles. The summed E-state index contributed by atoms with van der Waals surface area (Å²) in [6.45, 7) is 3.03. The molecule has 0 unspecified atom stereocenters. The molecule has 2 aromatic carbocycles. The molecular weight excluding hydrogens is 346 g/mol. The molecule has 1 aliphatic rings. The average molecular weight is 367 g/mol. The number of anilines is 2. The quantitative estimate of drug-likeness (QED) is 0.467. The Morgan fingerprint density at radius 3 is 1.85 bits per heavy atom. The van der Waals surface area contributed by atoms with Gasteiger partial charge >= 0.3 is 11.9 Å². The van der Waals surface area contributed by atoms with Crippen LogP contribution in [0.4, 0.5) is 11.4 Å². The summed E-state index contributed by atoms with van der Waals surface area (Å²) in [5.74, 6) is -1.81. The highest BCUT2D eigenvalue weighted by atomic mass is 16.7. The monoisotopic (exact) mass is 367 g/mol. The van der Waals surface area contributed by atoms with Gasteiger partial charge in [-0.3, -0.25) is 0 Å². The first-order chi connectivity index (χ1) is 12.8. The molecule has 0 radical (unpaired) electrons. The van der Waals surface area contributed by atoms with Gasteiger partial charge in [0.15, 0.2) is 0 Å². The molecule has 6 nitrogen and oxygen atoms in total. The van der Waals surface area contributed by atoms with Crippen LogP contribution in [0.5, 0.6) is 5.75 Å². The Morgan fingerprint density at radius 1 is 0.889 bits per heavy atom. The van der Waals surface area contributed by atoms with Crippen molar-refractivity contribution in [3.63, 3.8) is 0 Å². The zero-order valence-corrected chi connectivity index (χ0v) is 15.7. The molecule has 3 rings (SSSR count). The summed E-state index contributed by atoms with van der Waals surface area (Å²) in [5, 5.41) is 0. The van der Waals surface area contributed by atoms with Gasteiger partial charge in [-0.2, -0.15) is 0 Å². The first kappa shape index (κ1) is 18.5. The van der Waals surface area contributed by atoms with Gasteiger partial charge in [0.25, 0.3) is 5.79 Å². The predicted molar refractivity (Wildman–Crippen MR) is 102 cm³/mol. The number of carbonyl (C=O) groups is 2. The second-order valence-electron chi connectivity index (χ2n) is 6.59.